The molecule has 2 rings (SSSR count). The van der Waals surface area contributed by atoms with Gasteiger partial charge in [-0.1, -0.05) is 0 Å². The number of methoxy groups -OCH3 is 1. The molecule has 1 unspecified atom stereocenters. The predicted octanol–water partition coefficient (Wildman–Crippen LogP) is -1.61. The summed E-state index contributed by atoms with van der Waals surface area (Å²) in [4.78, 5) is 37.4. The Hall–Kier alpha value is -1.94. The minimum atomic E-state index is -4.17. The molecule has 1 aliphatic rings. The third-order valence-corrected chi connectivity index (χ3v) is 4.96. The molecular formula is C10H13N3O6S. The van der Waals surface area contributed by atoms with Gasteiger partial charge in [-0.3, -0.25) is 14.6 Å². The summed E-state index contributed by atoms with van der Waals surface area (Å²) < 4.78 is 30.2. The Morgan fingerprint density at radius 1 is 1.45 bits per heavy atom. The molecule has 1 aromatic rings. The Labute approximate surface area is 113 Å². The molecule has 1 aliphatic heterocycles. The van der Waals surface area contributed by atoms with Crippen molar-refractivity contribution in [2.45, 2.75) is 23.8 Å². The topological polar surface area (TPSA) is 129 Å². The average Bonchev–Trinajstić information content (AvgIpc) is 2.87. The van der Waals surface area contributed by atoms with Crippen molar-refractivity contribution in [2.75, 3.05) is 13.7 Å². The van der Waals surface area contributed by atoms with E-state index in [1.54, 1.807) is 0 Å². The van der Waals surface area contributed by atoms with Crippen LogP contribution in [0.1, 0.15) is 12.8 Å². The minimum Gasteiger partial charge on any atom is -0.468 e. The summed E-state index contributed by atoms with van der Waals surface area (Å²) in [7, 11) is -3.01. The maximum atomic E-state index is 12.4. The highest BCUT2D eigenvalue weighted by molar-refractivity contribution is 7.89. The van der Waals surface area contributed by atoms with Crippen LogP contribution in [0.5, 0.6) is 0 Å². The number of hydrogen-bond donors (Lipinski definition) is 2. The fraction of sp³-hybridized carbons (Fsp3) is 0.500. The van der Waals surface area contributed by atoms with Gasteiger partial charge in [-0.05, 0) is 12.8 Å². The van der Waals surface area contributed by atoms with Crippen LogP contribution in [0.4, 0.5) is 0 Å². The van der Waals surface area contributed by atoms with E-state index in [-0.39, 0.29) is 6.54 Å². The number of carbonyl (C=O) groups is 1. The predicted molar refractivity (Wildman–Crippen MR) is 66.6 cm³/mol. The molecule has 0 aromatic carbocycles. The van der Waals surface area contributed by atoms with Crippen molar-refractivity contribution >= 4 is 16.0 Å². The summed E-state index contributed by atoms with van der Waals surface area (Å²) in [5, 5.41) is 0. The fourth-order valence-corrected chi connectivity index (χ4v) is 3.76. The normalized spacial score (nSPS) is 19.9. The number of rotatable bonds is 3. The van der Waals surface area contributed by atoms with Crippen molar-refractivity contribution in [1.82, 2.24) is 14.3 Å². The Morgan fingerprint density at radius 3 is 2.75 bits per heavy atom. The van der Waals surface area contributed by atoms with E-state index in [0.29, 0.717) is 12.8 Å². The van der Waals surface area contributed by atoms with E-state index in [0.717, 1.165) is 17.6 Å². The van der Waals surface area contributed by atoms with Crippen molar-refractivity contribution in [1.29, 1.82) is 0 Å². The maximum absolute atomic E-state index is 12.4. The monoisotopic (exact) mass is 303 g/mol. The smallest absolute Gasteiger partial charge is 0.325 e. The summed E-state index contributed by atoms with van der Waals surface area (Å²) in [6.07, 6.45) is 1.64. The molecule has 0 amide bonds. The van der Waals surface area contributed by atoms with Gasteiger partial charge in [0.25, 0.3) is 15.6 Å². The molecule has 0 radical (unpaired) electrons. The number of aromatic amines is 2. The number of nitrogens with zero attached hydrogens (tertiary/aromatic N) is 1. The van der Waals surface area contributed by atoms with Crippen LogP contribution in [0, 0.1) is 0 Å². The molecule has 1 atom stereocenters. The molecule has 1 saturated heterocycles. The quantitative estimate of drug-likeness (QED) is 0.646. The molecule has 2 heterocycles. The number of hydrogen-bond acceptors (Lipinski definition) is 6. The van der Waals surface area contributed by atoms with Crippen molar-refractivity contribution in [3.05, 3.63) is 27.0 Å². The van der Waals surface area contributed by atoms with Gasteiger partial charge in [0, 0.05) is 12.7 Å². The lowest BCUT2D eigenvalue weighted by Gasteiger charge is -2.21. The van der Waals surface area contributed by atoms with Gasteiger partial charge in [0.15, 0.2) is 4.90 Å². The summed E-state index contributed by atoms with van der Waals surface area (Å²) >= 11 is 0. The van der Waals surface area contributed by atoms with Gasteiger partial charge < -0.3 is 9.72 Å². The summed E-state index contributed by atoms with van der Waals surface area (Å²) in [5.41, 5.74) is -1.83. The standard InChI is InChI=1S/C10H13N3O6S/c1-19-9(15)6-3-2-4-13(6)20(17,18)7-5-11-10(16)12-8(7)14/h5-6H,2-4H2,1H3,(H2,11,12,14,16). The van der Waals surface area contributed by atoms with Crippen LogP contribution in [0.15, 0.2) is 20.7 Å². The fourth-order valence-electron chi connectivity index (χ4n) is 2.11. The number of H-pyrrole nitrogens is 2. The van der Waals surface area contributed by atoms with Crippen molar-refractivity contribution in [2.24, 2.45) is 0 Å². The molecule has 9 nitrogen and oxygen atoms in total. The van der Waals surface area contributed by atoms with Gasteiger partial charge in [-0.15, -0.1) is 0 Å². The maximum Gasteiger partial charge on any atom is 0.325 e. The number of sulfonamides is 1. The molecule has 2 N–H and O–H groups in total. The first-order valence-corrected chi connectivity index (χ1v) is 7.23. The molecule has 1 fully saturated rings. The third-order valence-electron chi connectivity index (χ3n) is 3.05. The van der Waals surface area contributed by atoms with Crippen LogP contribution in [0.3, 0.4) is 0 Å². The molecule has 0 aliphatic carbocycles. The van der Waals surface area contributed by atoms with E-state index in [1.807, 2.05) is 4.98 Å². The number of aromatic nitrogens is 2. The molecule has 0 bridgehead atoms. The highest BCUT2D eigenvalue weighted by Gasteiger charge is 2.41. The summed E-state index contributed by atoms with van der Waals surface area (Å²) in [6.45, 7) is 0.112. The molecule has 110 valence electrons. The Balaban J connectivity index is 2.47. The molecule has 1 aromatic heterocycles. The molecule has 0 spiro atoms. The van der Waals surface area contributed by atoms with Crippen LogP contribution >= 0.6 is 0 Å². The second kappa shape index (κ2) is 5.21. The first-order valence-electron chi connectivity index (χ1n) is 5.79. The van der Waals surface area contributed by atoms with Gasteiger partial charge in [0.2, 0.25) is 0 Å². The summed E-state index contributed by atoms with van der Waals surface area (Å²) in [6, 6.07) is -0.948. The molecular weight excluding hydrogens is 290 g/mol. The van der Waals surface area contributed by atoms with E-state index < -0.39 is 38.2 Å². The van der Waals surface area contributed by atoms with Crippen LogP contribution in [-0.2, 0) is 19.6 Å². The highest BCUT2D eigenvalue weighted by Crippen LogP contribution is 2.24. The SMILES string of the molecule is COC(=O)C1CCCN1S(=O)(=O)c1c[nH]c(=O)[nH]c1=O. The van der Waals surface area contributed by atoms with Gasteiger partial charge >= 0.3 is 11.7 Å². The van der Waals surface area contributed by atoms with Gasteiger partial charge in [0.1, 0.15) is 6.04 Å². The number of carbonyl (C=O) groups excluding carboxylic acids is 1. The largest absolute Gasteiger partial charge is 0.468 e. The van der Waals surface area contributed by atoms with E-state index in [1.165, 1.54) is 0 Å². The van der Waals surface area contributed by atoms with Crippen molar-refractivity contribution in [3.8, 4) is 0 Å². The van der Waals surface area contributed by atoms with Crippen LogP contribution in [0.2, 0.25) is 0 Å². The average molecular weight is 303 g/mol. The van der Waals surface area contributed by atoms with Gasteiger partial charge in [-0.25, -0.2) is 13.2 Å². The second-order valence-corrected chi connectivity index (χ2v) is 6.09. The number of nitrogens with one attached hydrogen (secondary N) is 2. The lowest BCUT2D eigenvalue weighted by Crippen LogP contribution is -2.43. The van der Waals surface area contributed by atoms with Crippen molar-refractivity contribution < 1.29 is 17.9 Å². The molecule has 20 heavy (non-hydrogen) atoms. The van der Waals surface area contributed by atoms with E-state index in [4.69, 9.17) is 0 Å². The Kier molecular flexibility index (Phi) is 3.77. The van der Waals surface area contributed by atoms with Crippen LogP contribution < -0.4 is 11.2 Å². The van der Waals surface area contributed by atoms with Crippen molar-refractivity contribution in [3.63, 3.8) is 0 Å². The zero-order chi connectivity index (χ0) is 14.9. The lowest BCUT2D eigenvalue weighted by atomic mass is 10.2. The first kappa shape index (κ1) is 14.5. The van der Waals surface area contributed by atoms with Gasteiger partial charge in [0.05, 0.1) is 7.11 Å². The van der Waals surface area contributed by atoms with Crippen LogP contribution in [-0.4, -0.2) is 48.4 Å². The molecule has 0 saturated carbocycles. The lowest BCUT2D eigenvalue weighted by molar-refractivity contribution is -0.144. The highest BCUT2D eigenvalue weighted by atomic mass is 32.2. The van der Waals surface area contributed by atoms with E-state index in [2.05, 4.69) is 9.72 Å². The Bertz CT molecular complexity index is 734. The zero-order valence-electron chi connectivity index (χ0n) is 10.6. The summed E-state index contributed by atoms with van der Waals surface area (Å²) in [5.74, 6) is -0.674. The second-order valence-electron chi connectivity index (χ2n) is 4.23. The number of ether oxygens (including phenoxy) is 1. The van der Waals surface area contributed by atoms with E-state index >= 15 is 0 Å². The number of esters is 1. The van der Waals surface area contributed by atoms with E-state index in [9.17, 15) is 22.8 Å². The zero-order valence-corrected chi connectivity index (χ0v) is 11.4. The first-order chi connectivity index (χ1) is 9.37. The van der Waals surface area contributed by atoms with Gasteiger partial charge in [-0.2, -0.15) is 4.31 Å². The molecule has 10 heteroatoms. The third kappa shape index (κ3) is 2.39. The minimum absolute atomic E-state index is 0.112. The Morgan fingerprint density at radius 2 is 2.15 bits per heavy atom. The van der Waals surface area contributed by atoms with Crippen LogP contribution in [0.25, 0.3) is 0 Å².